The van der Waals surface area contributed by atoms with Gasteiger partial charge < -0.3 is 9.64 Å². The van der Waals surface area contributed by atoms with Crippen molar-refractivity contribution in [3.05, 3.63) is 42.1 Å². The number of ether oxygens (including phenoxy) is 1. The van der Waals surface area contributed by atoms with Crippen molar-refractivity contribution in [3.63, 3.8) is 0 Å². The van der Waals surface area contributed by atoms with E-state index in [-0.39, 0.29) is 17.0 Å². The predicted octanol–water partition coefficient (Wildman–Crippen LogP) is 3.70. The molecule has 8 nitrogen and oxygen atoms in total. The van der Waals surface area contributed by atoms with E-state index in [1.54, 1.807) is 38.2 Å². The average Bonchev–Trinajstić information content (AvgIpc) is 3.21. The molecule has 11 heteroatoms. The van der Waals surface area contributed by atoms with Gasteiger partial charge in [0.1, 0.15) is 5.82 Å². The van der Waals surface area contributed by atoms with Crippen LogP contribution in [0.1, 0.15) is 19.2 Å². The van der Waals surface area contributed by atoms with E-state index in [2.05, 4.69) is 19.6 Å². The zero-order chi connectivity index (χ0) is 22.7. The highest BCUT2D eigenvalue weighted by Gasteiger charge is 2.24. The number of nitrogens with one attached hydrogen (secondary N) is 1. The molecule has 0 saturated carbocycles. The number of sulfonamides is 1. The second kappa shape index (κ2) is 9.47. The van der Waals surface area contributed by atoms with Crippen LogP contribution in [0.15, 0.2) is 30.5 Å². The molecule has 1 fully saturated rings. The molecule has 1 N–H and O–H groups in total. The van der Waals surface area contributed by atoms with Gasteiger partial charge in [0, 0.05) is 24.8 Å². The molecule has 170 valence electrons. The fraction of sp³-hybridized carbons (Fsp3) is 0.381. The summed E-state index contributed by atoms with van der Waals surface area (Å²) in [5, 5.41) is 0.742. The minimum atomic E-state index is -3.64. The fourth-order valence-corrected chi connectivity index (χ4v) is 5.65. The lowest BCUT2D eigenvalue weighted by atomic mass is 10.1. The van der Waals surface area contributed by atoms with Gasteiger partial charge in [0.25, 0.3) is 0 Å². The molecule has 0 radical (unpaired) electrons. The summed E-state index contributed by atoms with van der Waals surface area (Å²) in [5.74, 6) is -0.158. The quantitative estimate of drug-likeness (QED) is 0.554. The maximum atomic E-state index is 15.5. The molecule has 0 amide bonds. The third-order valence-corrected chi connectivity index (χ3v) is 7.51. The molecule has 2 aromatic heterocycles. The number of aromatic nitrogens is 3. The van der Waals surface area contributed by atoms with Gasteiger partial charge in [0.05, 0.1) is 40.9 Å². The summed E-state index contributed by atoms with van der Waals surface area (Å²) < 4.78 is 47.7. The monoisotopic (exact) mass is 477 g/mol. The van der Waals surface area contributed by atoms with Crippen LogP contribution in [-0.4, -0.2) is 55.4 Å². The van der Waals surface area contributed by atoms with E-state index in [1.807, 2.05) is 0 Å². The van der Waals surface area contributed by atoms with Crippen molar-refractivity contribution in [2.45, 2.75) is 20.3 Å². The Kier molecular flexibility index (Phi) is 6.68. The van der Waals surface area contributed by atoms with E-state index < -0.39 is 15.8 Å². The third-order valence-electron chi connectivity index (χ3n) is 4.90. The number of benzene rings is 1. The van der Waals surface area contributed by atoms with Crippen LogP contribution in [0.5, 0.6) is 0 Å². The summed E-state index contributed by atoms with van der Waals surface area (Å²) in [4.78, 5) is 16.2. The number of anilines is 2. The molecule has 3 heterocycles. The Hall–Kier alpha value is -2.63. The highest BCUT2D eigenvalue weighted by atomic mass is 32.2. The van der Waals surface area contributed by atoms with Crippen LogP contribution in [0.25, 0.3) is 21.8 Å². The van der Waals surface area contributed by atoms with Crippen molar-refractivity contribution >= 4 is 32.2 Å². The molecule has 1 aliphatic heterocycles. The van der Waals surface area contributed by atoms with Gasteiger partial charge in [-0.05, 0) is 31.5 Å². The first kappa shape index (κ1) is 22.6. The van der Waals surface area contributed by atoms with E-state index in [0.717, 1.165) is 5.13 Å². The smallest absolute Gasteiger partial charge is 0.232 e. The van der Waals surface area contributed by atoms with Gasteiger partial charge >= 0.3 is 0 Å². The van der Waals surface area contributed by atoms with Crippen molar-refractivity contribution in [2.75, 3.05) is 41.7 Å². The van der Waals surface area contributed by atoms with Crippen LogP contribution in [0, 0.1) is 12.7 Å². The first-order valence-corrected chi connectivity index (χ1v) is 12.8. The average molecular weight is 478 g/mol. The van der Waals surface area contributed by atoms with Crippen molar-refractivity contribution in [2.24, 2.45) is 0 Å². The van der Waals surface area contributed by atoms with Gasteiger partial charge in [0.15, 0.2) is 10.9 Å². The molecule has 1 aromatic carbocycles. The molecule has 0 unspecified atom stereocenters. The Morgan fingerprint density at radius 2 is 2.00 bits per heavy atom. The Balaban J connectivity index is 1.82. The van der Waals surface area contributed by atoms with Gasteiger partial charge in [-0.3, -0.25) is 4.72 Å². The molecule has 1 saturated heterocycles. The lowest BCUT2D eigenvalue weighted by Gasteiger charge is -2.26. The number of hydrogen-bond donors (Lipinski definition) is 1. The normalized spacial score (nSPS) is 14.5. The standard InChI is InChI=1S/C21H24FN5O3S2/c1-3-13-32(28,29)26-16-6-4-5-15(18(16)22)19-20(17-7-8-23-14(2)24-17)31-21(25-19)27-9-11-30-12-10-27/h4-8,26H,3,9-13H2,1-2H3. The number of morpholine rings is 1. The minimum Gasteiger partial charge on any atom is -0.378 e. The molecule has 3 aromatic rings. The van der Waals surface area contributed by atoms with Gasteiger partial charge in [-0.2, -0.15) is 0 Å². The lowest BCUT2D eigenvalue weighted by molar-refractivity contribution is 0.122. The van der Waals surface area contributed by atoms with Crippen LogP contribution in [0.4, 0.5) is 15.2 Å². The number of thiazole rings is 1. The largest absolute Gasteiger partial charge is 0.378 e. The SMILES string of the molecule is CCCS(=O)(=O)Nc1cccc(-c2nc(N3CCOCC3)sc2-c2ccnc(C)n2)c1F. The second-order valence-corrected chi connectivity index (χ2v) is 10.2. The molecule has 32 heavy (non-hydrogen) atoms. The molecule has 0 atom stereocenters. The summed E-state index contributed by atoms with van der Waals surface area (Å²) >= 11 is 1.42. The first-order chi connectivity index (χ1) is 15.4. The van der Waals surface area contributed by atoms with Crippen LogP contribution < -0.4 is 9.62 Å². The Bertz CT molecular complexity index is 1210. The van der Waals surface area contributed by atoms with Gasteiger partial charge in [-0.25, -0.2) is 27.8 Å². The van der Waals surface area contributed by atoms with Gasteiger partial charge in [-0.15, -0.1) is 0 Å². The number of hydrogen-bond acceptors (Lipinski definition) is 8. The van der Waals surface area contributed by atoms with Gasteiger partial charge in [-0.1, -0.05) is 24.3 Å². The topological polar surface area (TPSA) is 97.3 Å². The van der Waals surface area contributed by atoms with E-state index in [0.29, 0.717) is 54.8 Å². The summed E-state index contributed by atoms with van der Waals surface area (Å²) in [5.41, 5.74) is 1.18. The maximum absolute atomic E-state index is 15.5. The van der Waals surface area contributed by atoms with E-state index in [4.69, 9.17) is 9.72 Å². The van der Waals surface area contributed by atoms with Crippen LogP contribution in [0.3, 0.4) is 0 Å². The minimum absolute atomic E-state index is 0.0833. The van der Waals surface area contributed by atoms with Crippen LogP contribution in [-0.2, 0) is 14.8 Å². The zero-order valence-corrected chi connectivity index (χ0v) is 19.5. The van der Waals surface area contributed by atoms with Gasteiger partial charge in [0.2, 0.25) is 10.0 Å². The number of halogens is 1. The van der Waals surface area contributed by atoms with Crippen molar-refractivity contribution in [1.29, 1.82) is 0 Å². The molecule has 4 rings (SSSR count). The molecule has 1 aliphatic rings. The van der Waals surface area contributed by atoms with Crippen molar-refractivity contribution in [3.8, 4) is 21.8 Å². The number of nitrogens with zero attached hydrogens (tertiary/aromatic N) is 4. The summed E-state index contributed by atoms with van der Waals surface area (Å²) in [6, 6.07) is 6.39. The lowest BCUT2D eigenvalue weighted by Crippen LogP contribution is -2.36. The molecular weight excluding hydrogens is 453 g/mol. The fourth-order valence-electron chi connectivity index (χ4n) is 3.42. The molecule has 0 aliphatic carbocycles. The zero-order valence-electron chi connectivity index (χ0n) is 17.8. The third kappa shape index (κ3) is 4.89. The van der Waals surface area contributed by atoms with Crippen LogP contribution in [0.2, 0.25) is 0 Å². The first-order valence-electron chi connectivity index (χ1n) is 10.3. The van der Waals surface area contributed by atoms with E-state index >= 15 is 4.39 Å². The van der Waals surface area contributed by atoms with Crippen molar-refractivity contribution in [1.82, 2.24) is 15.0 Å². The predicted molar refractivity (Wildman–Crippen MR) is 124 cm³/mol. The number of rotatable bonds is 7. The van der Waals surface area contributed by atoms with Crippen molar-refractivity contribution < 1.29 is 17.5 Å². The van der Waals surface area contributed by atoms with E-state index in [9.17, 15) is 8.42 Å². The maximum Gasteiger partial charge on any atom is 0.232 e. The highest BCUT2D eigenvalue weighted by molar-refractivity contribution is 7.92. The van der Waals surface area contributed by atoms with E-state index in [1.165, 1.54) is 17.4 Å². The second-order valence-electron chi connectivity index (χ2n) is 7.35. The summed E-state index contributed by atoms with van der Waals surface area (Å²) in [7, 11) is -3.64. The summed E-state index contributed by atoms with van der Waals surface area (Å²) in [6.45, 7) is 6.12. The Morgan fingerprint density at radius 1 is 1.22 bits per heavy atom. The Morgan fingerprint density at radius 3 is 2.72 bits per heavy atom. The molecular formula is C21H24FN5O3S2. The highest BCUT2D eigenvalue weighted by Crippen LogP contribution is 2.41. The Labute approximate surface area is 190 Å². The summed E-state index contributed by atoms with van der Waals surface area (Å²) in [6.07, 6.45) is 2.09. The van der Waals surface area contributed by atoms with Crippen LogP contribution >= 0.6 is 11.3 Å². The molecule has 0 spiro atoms. The molecule has 0 bridgehead atoms. The number of aryl methyl sites for hydroxylation is 1.